The third-order valence-corrected chi connectivity index (χ3v) is 4.69. The first-order chi connectivity index (χ1) is 9.58. The van der Waals surface area contributed by atoms with Crippen molar-refractivity contribution < 1.29 is 0 Å². The number of nitrogens with zero attached hydrogens (tertiary/aromatic N) is 1. The second-order valence-electron chi connectivity index (χ2n) is 5.40. The van der Waals surface area contributed by atoms with Gasteiger partial charge < -0.3 is 10.2 Å². The predicted molar refractivity (Wildman–Crippen MR) is 89.9 cm³/mol. The number of hydrogen-bond donors (Lipinski definition) is 1. The number of thiophene rings is 1. The average molecular weight is 288 g/mol. The highest BCUT2D eigenvalue weighted by Gasteiger charge is 2.07. The Kier molecular flexibility index (Phi) is 5.21. The minimum atomic E-state index is 0.433. The third-order valence-electron chi connectivity index (χ3n) is 3.63. The van der Waals surface area contributed by atoms with Gasteiger partial charge in [0.2, 0.25) is 0 Å². The summed E-state index contributed by atoms with van der Waals surface area (Å²) in [4.78, 5) is 3.72. The maximum atomic E-state index is 3.59. The molecule has 0 aliphatic rings. The lowest BCUT2D eigenvalue weighted by molar-refractivity contribution is 0.584. The van der Waals surface area contributed by atoms with Crippen molar-refractivity contribution in [2.45, 2.75) is 26.8 Å². The molecule has 0 saturated carbocycles. The molecular formula is C17H24N2S. The van der Waals surface area contributed by atoms with Gasteiger partial charge in [-0.15, -0.1) is 11.3 Å². The lowest BCUT2D eigenvalue weighted by atomic mass is 10.1. The van der Waals surface area contributed by atoms with Crippen LogP contribution in [0.1, 0.15) is 29.0 Å². The van der Waals surface area contributed by atoms with E-state index in [-0.39, 0.29) is 0 Å². The molecular weight excluding hydrogens is 264 g/mol. The molecule has 1 aromatic heterocycles. The Morgan fingerprint density at radius 2 is 2.05 bits per heavy atom. The maximum absolute atomic E-state index is 3.59. The second kappa shape index (κ2) is 6.91. The first-order valence-electron chi connectivity index (χ1n) is 7.13. The van der Waals surface area contributed by atoms with Crippen LogP contribution in [-0.2, 0) is 0 Å². The van der Waals surface area contributed by atoms with Gasteiger partial charge in [-0.25, -0.2) is 0 Å². The molecule has 0 amide bonds. The van der Waals surface area contributed by atoms with E-state index < -0.39 is 0 Å². The molecule has 2 nitrogen and oxygen atoms in total. The Balaban J connectivity index is 1.84. The normalized spacial score (nSPS) is 12.4. The van der Waals surface area contributed by atoms with Crippen LogP contribution >= 0.6 is 11.3 Å². The van der Waals surface area contributed by atoms with E-state index in [4.69, 9.17) is 0 Å². The smallest absolute Gasteiger partial charge is 0.0393 e. The van der Waals surface area contributed by atoms with Gasteiger partial charge in [0.15, 0.2) is 0 Å². The van der Waals surface area contributed by atoms with Crippen molar-refractivity contribution in [3.8, 4) is 0 Å². The van der Waals surface area contributed by atoms with Crippen molar-refractivity contribution in [3.05, 3.63) is 51.7 Å². The topological polar surface area (TPSA) is 15.3 Å². The summed E-state index contributed by atoms with van der Waals surface area (Å²) < 4.78 is 0. The molecule has 3 heteroatoms. The molecule has 2 aromatic rings. The number of anilines is 1. The van der Waals surface area contributed by atoms with Gasteiger partial charge in [-0.05, 0) is 43.8 Å². The highest BCUT2D eigenvalue weighted by molar-refractivity contribution is 7.10. The van der Waals surface area contributed by atoms with E-state index in [1.807, 2.05) is 11.3 Å². The van der Waals surface area contributed by atoms with Crippen LogP contribution in [0.2, 0.25) is 0 Å². The van der Waals surface area contributed by atoms with Gasteiger partial charge in [0.1, 0.15) is 0 Å². The highest BCUT2D eigenvalue weighted by Crippen LogP contribution is 2.20. The van der Waals surface area contributed by atoms with Crippen LogP contribution in [0.3, 0.4) is 0 Å². The zero-order chi connectivity index (χ0) is 14.5. The summed E-state index contributed by atoms with van der Waals surface area (Å²) in [6.07, 6.45) is 0. The van der Waals surface area contributed by atoms with Crippen LogP contribution < -0.4 is 10.2 Å². The van der Waals surface area contributed by atoms with Gasteiger partial charge in [-0.3, -0.25) is 0 Å². The number of benzene rings is 1. The zero-order valence-corrected chi connectivity index (χ0v) is 13.6. The number of rotatable bonds is 6. The molecule has 2 rings (SSSR count). The third kappa shape index (κ3) is 3.84. The molecule has 1 aromatic carbocycles. The molecule has 1 unspecified atom stereocenters. The molecule has 0 aliphatic heterocycles. The van der Waals surface area contributed by atoms with E-state index in [9.17, 15) is 0 Å². The molecule has 20 heavy (non-hydrogen) atoms. The number of aryl methyl sites for hydroxylation is 2. The van der Waals surface area contributed by atoms with Crippen LogP contribution in [0.4, 0.5) is 5.69 Å². The Morgan fingerprint density at radius 3 is 2.70 bits per heavy atom. The molecule has 0 fully saturated rings. The van der Waals surface area contributed by atoms with E-state index in [1.165, 1.54) is 21.7 Å². The van der Waals surface area contributed by atoms with Crippen molar-refractivity contribution in [1.82, 2.24) is 5.32 Å². The summed E-state index contributed by atoms with van der Waals surface area (Å²) >= 11 is 1.81. The van der Waals surface area contributed by atoms with E-state index in [0.29, 0.717) is 6.04 Å². The summed E-state index contributed by atoms with van der Waals surface area (Å²) in [6.45, 7) is 8.55. The monoisotopic (exact) mass is 288 g/mol. The molecule has 1 N–H and O–H groups in total. The van der Waals surface area contributed by atoms with Crippen LogP contribution in [0.15, 0.2) is 35.7 Å². The fraction of sp³-hybridized carbons (Fsp3) is 0.412. The lowest BCUT2D eigenvalue weighted by Gasteiger charge is -2.23. The average Bonchev–Trinajstić information content (AvgIpc) is 2.92. The molecule has 0 spiro atoms. The van der Waals surface area contributed by atoms with Crippen molar-refractivity contribution in [2.24, 2.45) is 0 Å². The predicted octanol–water partition coefficient (Wildman–Crippen LogP) is 4.15. The fourth-order valence-corrected chi connectivity index (χ4v) is 3.20. The lowest BCUT2D eigenvalue weighted by Crippen LogP contribution is -2.30. The van der Waals surface area contributed by atoms with E-state index in [0.717, 1.165) is 13.1 Å². The van der Waals surface area contributed by atoms with Gasteiger partial charge in [-0.1, -0.05) is 23.8 Å². The van der Waals surface area contributed by atoms with Crippen molar-refractivity contribution >= 4 is 17.0 Å². The summed E-state index contributed by atoms with van der Waals surface area (Å²) in [5, 5.41) is 5.72. The Morgan fingerprint density at radius 1 is 1.25 bits per heavy atom. The Bertz CT molecular complexity index is 534. The van der Waals surface area contributed by atoms with Gasteiger partial charge in [-0.2, -0.15) is 0 Å². The first kappa shape index (κ1) is 15.1. The molecule has 1 atom stereocenters. The van der Waals surface area contributed by atoms with Gasteiger partial charge in [0, 0.05) is 36.7 Å². The quantitative estimate of drug-likeness (QED) is 0.859. The van der Waals surface area contributed by atoms with Gasteiger partial charge in [0.05, 0.1) is 0 Å². The molecule has 0 bridgehead atoms. The van der Waals surface area contributed by atoms with Gasteiger partial charge >= 0.3 is 0 Å². The standard InChI is InChI=1S/C17H24N2S/c1-13-7-8-16(14(2)12-13)19(4)10-9-18-15(3)17-6-5-11-20-17/h5-8,11-12,15,18H,9-10H2,1-4H3. The van der Waals surface area contributed by atoms with Crippen LogP contribution in [0, 0.1) is 13.8 Å². The first-order valence-corrected chi connectivity index (χ1v) is 8.01. The van der Waals surface area contributed by atoms with Crippen molar-refractivity contribution in [2.75, 3.05) is 25.0 Å². The summed E-state index contributed by atoms with van der Waals surface area (Å²) in [6, 6.07) is 11.4. The van der Waals surface area contributed by atoms with Crippen molar-refractivity contribution in [1.29, 1.82) is 0 Å². The molecule has 108 valence electrons. The number of hydrogen-bond acceptors (Lipinski definition) is 3. The summed E-state index contributed by atoms with van der Waals surface area (Å²) in [5.74, 6) is 0. The zero-order valence-electron chi connectivity index (χ0n) is 12.8. The van der Waals surface area contributed by atoms with Crippen LogP contribution in [-0.4, -0.2) is 20.1 Å². The molecule has 0 saturated heterocycles. The van der Waals surface area contributed by atoms with Gasteiger partial charge in [0.25, 0.3) is 0 Å². The highest BCUT2D eigenvalue weighted by atomic mass is 32.1. The maximum Gasteiger partial charge on any atom is 0.0393 e. The Labute approximate surface area is 126 Å². The minimum absolute atomic E-state index is 0.433. The number of likely N-dealkylation sites (N-methyl/N-ethyl adjacent to an activating group) is 1. The molecule has 0 aliphatic carbocycles. The van der Waals surface area contributed by atoms with Crippen LogP contribution in [0.5, 0.6) is 0 Å². The molecule has 1 heterocycles. The SMILES string of the molecule is Cc1ccc(N(C)CCNC(C)c2cccs2)c(C)c1. The van der Waals surface area contributed by atoms with E-state index >= 15 is 0 Å². The second-order valence-corrected chi connectivity index (χ2v) is 6.38. The largest absolute Gasteiger partial charge is 0.373 e. The molecule has 0 radical (unpaired) electrons. The van der Waals surface area contributed by atoms with Crippen molar-refractivity contribution in [3.63, 3.8) is 0 Å². The summed E-state index contributed by atoms with van der Waals surface area (Å²) in [5.41, 5.74) is 3.99. The number of nitrogens with one attached hydrogen (secondary N) is 1. The fourth-order valence-electron chi connectivity index (χ4n) is 2.44. The summed E-state index contributed by atoms with van der Waals surface area (Å²) in [7, 11) is 2.16. The van der Waals surface area contributed by atoms with Crippen LogP contribution in [0.25, 0.3) is 0 Å². The van der Waals surface area contributed by atoms with E-state index in [2.05, 4.69) is 73.7 Å². The minimum Gasteiger partial charge on any atom is -0.373 e. The Hall–Kier alpha value is -1.32. The van der Waals surface area contributed by atoms with E-state index in [1.54, 1.807) is 0 Å².